The van der Waals surface area contributed by atoms with Crippen LogP contribution < -0.4 is 10.1 Å². The number of thiophene rings is 1. The van der Waals surface area contributed by atoms with Crippen molar-refractivity contribution < 1.29 is 14.3 Å². The van der Waals surface area contributed by atoms with Gasteiger partial charge in [0, 0.05) is 24.2 Å². The van der Waals surface area contributed by atoms with Crippen LogP contribution in [0.15, 0.2) is 48.7 Å². The first-order valence-electron chi connectivity index (χ1n) is 10.7. The van der Waals surface area contributed by atoms with Gasteiger partial charge in [0.25, 0.3) is 5.91 Å². The van der Waals surface area contributed by atoms with Crippen LogP contribution in [-0.4, -0.2) is 41.9 Å². The highest BCUT2D eigenvalue weighted by molar-refractivity contribution is 7.14. The molecule has 1 atom stereocenters. The molecule has 32 heavy (non-hydrogen) atoms. The zero-order valence-electron chi connectivity index (χ0n) is 18.6. The summed E-state index contributed by atoms with van der Waals surface area (Å²) in [5.74, 6) is 1.01. The number of ether oxygens (including phenoxy) is 1. The van der Waals surface area contributed by atoms with E-state index in [9.17, 15) is 9.59 Å². The van der Waals surface area contributed by atoms with Crippen molar-refractivity contribution in [1.82, 2.24) is 9.88 Å². The molecule has 2 amide bonds. The summed E-state index contributed by atoms with van der Waals surface area (Å²) < 4.78 is 5.24. The second-order valence-electron chi connectivity index (χ2n) is 8.11. The van der Waals surface area contributed by atoms with E-state index >= 15 is 0 Å². The van der Waals surface area contributed by atoms with Gasteiger partial charge in [0.05, 0.1) is 17.9 Å². The molecule has 1 N–H and O–H groups in total. The van der Waals surface area contributed by atoms with Crippen molar-refractivity contribution in [2.24, 2.45) is 5.92 Å². The number of anilines is 1. The van der Waals surface area contributed by atoms with Crippen molar-refractivity contribution >= 4 is 29.0 Å². The van der Waals surface area contributed by atoms with Gasteiger partial charge in [-0.1, -0.05) is 18.2 Å². The Bertz CT molecular complexity index is 1110. The average molecular weight is 450 g/mol. The number of aromatic nitrogens is 1. The predicted molar refractivity (Wildman–Crippen MR) is 127 cm³/mol. The maximum absolute atomic E-state index is 13.2. The van der Waals surface area contributed by atoms with Crippen molar-refractivity contribution in [2.45, 2.75) is 26.7 Å². The van der Waals surface area contributed by atoms with Crippen LogP contribution in [-0.2, 0) is 4.79 Å². The van der Waals surface area contributed by atoms with Crippen LogP contribution in [0.1, 0.15) is 33.0 Å². The lowest BCUT2D eigenvalue weighted by Gasteiger charge is -2.31. The molecular weight excluding hydrogens is 422 g/mol. The summed E-state index contributed by atoms with van der Waals surface area (Å²) in [5, 5.41) is 2.89. The maximum atomic E-state index is 13.2. The van der Waals surface area contributed by atoms with Crippen molar-refractivity contribution in [3.8, 4) is 16.9 Å². The first kappa shape index (κ1) is 22.0. The number of carbonyl (C=O) groups is 2. The molecular formula is C25H27N3O3S. The Kier molecular flexibility index (Phi) is 6.55. The third kappa shape index (κ3) is 4.83. The molecule has 1 fully saturated rings. The topological polar surface area (TPSA) is 71.5 Å². The van der Waals surface area contributed by atoms with E-state index < -0.39 is 0 Å². The molecule has 1 unspecified atom stereocenters. The van der Waals surface area contributed by atoms with Crippen LogP contribution in [0.4, 0.5) is 5.82 Å². The molecule has 1 aliphatic heterocycles. The minimum absolute atomic E-state index is 0.0103. The Balaban J connectivity index is 1.44. The number of pyridine rings is 1. The fourth-order valence-corrected chi connectivity index (χ4v) is 4.96. The molecule has 0 aliphatic carbocycles. The largest absolute Gasteiger partial charge is 0.497 e. The first-order chi connectivity index (χ1) is 15.4. The monoisotopic (exact) mass is 449 g/mol. The zero-order valence-corrected chi connectivity index (χ0v) is 19.4. The van der Waals surface area contributed by atoms with E-state index in [0.29, 0.717) is 23.8 Å². The first-order valence-corrected chi connectivity index (χ1v) is 11.5. The lowest BCUT2D eigenvalue weighted by Crippen LogP contribution is -2.43. The van der Waals surface area contributed by atoms with Crippen LogP contribution in [0.2, 0.25) is 0 Å². The van der Waals surface area contributed by atoms with E-state index in [-0.39, 0.29) is 17.7 Å². The summed E-state index contributed by atoms with van der Waals surface area (Å²) in [7, 11) is 1.64. The van der Waals surface area contributed by atoms with E-state index in [1.165, 1.54) is 11.3 Å². The smallest absolute Gasteiger partial charge is 0.263 e. The summed E-state index contributed by atoms with van der Waals surface area (Å²) in [6.07, 6.45) is 3.30. The predicted octanol–water partition coefficient (Wildman–Crippen LogP) is 4.93. The number of rotatable bonds is 5. The number of aryl methyl sites for hydroxylation is 2. The lowest BCUT2D eigenvalue weighted by atomic mass is 9.97. The van der Waals surface area contributed by atoms with Gasteiger partial charge in [-0.05, 0) is 67.6 Å². The molecule has 1 aliphatic rings. The van der Waals surface area contributed by atoms with E-state index in [4.69, 9.17) is 4.74 Å². The molecule has 2 aromatic heterocycles. The van der Waals surface area contributed by atoms with Crippen molar-refractivity contribution in [3.05, 3.63) is 64.0 Å². The average Bonchev–Trinajstić information content (AvgIpc) is 3.21. The van der Waals surface area contributed by atoms with Crippen LogP contribution in [0.3, 0.4) is 0 Å². The number of amides is 2. The molecule has 3 heterocycles. The summed E-state index contributed by atoms with van der Waals surface area (Å²) in [6, 6.07) is 13.5. The van der Waals surface area contributed by atoms with Gasteiger partial charge in [-0.3, -0.25) is 9.59 Å². The van der Waals surface area contributed by atoms with Crippen molar-refractivity contribution in [3.63, 3.8) is 0 Å². The Morgan fingerprint density at radius 3 is 2.62 bits per heavy atom. The van der Waals surface area contributed by atoms with E-state index in [1.807, 2.05) is 50.2 Å². The van der Waals surface area contributed by atoms with Crippen LogP contribution in [0.5, 0.6) is 5.75 Å². The second kappa shape index (κ2) is 9.53. The van der Waals surface area contributed by atoms with Gasteiger partial charge in [0.15, 0.2) is 0 Å². The number of carbonyl (C=O) groups excluding carboxylic acids is 2. The highest BCUT2D eigenvalue weighted by Crippen LogP contribution is 2.33. The summed E-state index contributed by atoms with van der Waals surface area (Å²) in [4.78, 5) is 33.8. The minimum atomic E-state index is -0.238. The quantitative estimate of drug-likeness (QED) is 0.600. The fourth-order valence-electron chi connectivity index (χ4n) is 3.95. The molecule has 3 aromatic rings. The number of hydrogen-bond acceptors (Lipinski definition) is 5. The number of likely N-dealkylation sites (tertiary alicyclic amines) is 1. The number of nitrogens with one attached hydrogen (secondary N) is 1. The van der Waals surface area contributed by atoms with E-state index in [0.717, 1.165) is 40.2 Å². The molecule has 6 nitrogen and oxygen atoms in total. The minimum Gasteiger partial charge on any atom is -0.497 e. The van der Waals surface area contributed by atoms with Gasteiger partial charge >= 0.3 is 0 Å². The lowest BCUT2D eigenvalue weighted by molar-refractivity contribution is -0.121. The molecule has 7 heteroatoms. The Morgan fingerprint density at radius 2 is 1.94 bits per heavy atom. The fraction of sp³-hybridized carbons (Fsp3) is 0.320. The Morgan fingerprint density at radius 1 is 1.16 bits per heavy atom. The number of hydrogen-bond donors (Lipinski definition) is 1. The molecule has 4 rings (SSSR count). The highest BCUT2D eigenvalue weighted by Gasteiger charge is 2.30. The molecule has 1 saturated heterocycles. The number of methoxy groups -OCH3 is 1. The number of piperidine rings is 1. The molecule has 0 radical (unpaired) electrons. The summed E-state index contributed by atoms with van der Waals surface area (Å²) in [5.41, 5.74) is 3.15. The maximum Gasteiger partial charge on any atom is 0.263 e. The zero-order chi connectivity index (χ0) is 22.7. The second-order valence-corrected chi connectivity index (χ2v) is 9.37. The van der Waals surface area contributed by atoms with Crippen LogP contribution in [0.25, 0.3) is 11.1 Å². The summed E-state index contributed by atoms with van der Waals surface area (Å²) in [6.45, 7) is 5.07. The van der Waals surface area contributed by atoms with Gasteiger partial charge in [-0.25, -0.2) is 4.98 Å². The molecule has 166 valence electrons. The van der Waals surface area contributed by atoms with Crippen molar-refractivity contribution in [1.29, 1.82) is 0 Å². The van der Waals surface area contributed by atoms with E-state index in [2.05, 4.69) is 10.3 Å². The van der Waals surface area contributed by atoms with Gasteiger partial charge in [-0.2, -0.15) is 0 Å². The number of benzene rings is 1. The Labute approximate surface area is 192 Å². The third-order valence-electron chi connectivity index (χ3n) is 5.77. The number of nitrogens with zero attached hydrogens (tertiary/aromatic N) is 2. The van der Waals surface area contributed by atoms with Gasteiger partial charge in [-0.15, -0.1) is 11.3 Å². The normalized spacial score (nSPS) is 16.0. The third-order valence-corrected chi connectivity index (χ3v) is 6.81. The molecule has 0 saturated carbocycles. The van der Waals surface area contributed by atoms with Gasteiger partial charge in [0.2, 0.25) is 5.91 Å². The standard InChI is InChI=1S/C25H27N3O3S/c1-16-6-11-23(26-14-16)27-24(29)19-5-4-12-28(15-19)25(30)22-13-21(17(2)32-22)18-7-9-20(31-3)10-8-18/h6-11,13-14,19H,4-5,12,15H2,1-3H3,(H,26,27,29). The Hall–Kier alpha value is -3.19. The van der Waals surface area contributed by atoms with Crippen LogP contribution in [0, 0.1) is 19.8 Å². The van der Waals surface area contributed by atoms with Gasteiger partial charge in [0.1, 0.15) is 11.6 Å². The molecule has 0 bridgehead atoms. The highest BCUT2D eigenvalue weighted by atomic mass is 32.1. The summed E-state index contributed by atoms with van der Waals surface area (Å²) >= 11 is 1.50. The van der Waals surface area contributed by atoms with E-state index in [1.54, 1.807) is 24.3 Å². The molecule has 1 aromatic carbocycles. The van der Waals surface area contributed by atoms with Gasteiger partial charge < -0.3 is 15.0 Å². The molecule has 0 spiro atoms. The van der Waals surface area contributed by atoms with Crippen LogP contribution >= 0.6 is 11.3 Å². The van der Waals surface area contributed by atoms with Crippen molar-refractivity contribution in [2.75, 3.05) is 25.5 Å². The SMILES string of the molecule is COc1ccc(-c2cc(C(=O)N3CCCC(C(=O)Nc4ccc(C)cn4)C3)sc2C)cc1.